The Hall–Kier alpha value is -3.55. The van der Waals surface area contributed by atoms with Crippen molar-refractivity contribution in [1.82, 2.24) is 19.7 Å². The lowest BCUT2D eigenvalue weighted by Crippen LogP contribution is -2.13. The van der Waals surface area contributed by atoms with E-state index in [1.807, 2.05) is 36.4 Å². The topological polar surface area (TPSA) is 75.6 Å². The lowest BCUT2D eigenvalue weighted by molar-refractivity contribution is 0.0561. The molecule has 1 aromatic carbocycles. The van der Waals surface area contributed by atoms with Crippen LogP contribution >= 0.6 is 0 Å². The van der Waals surface area contributed by atoms with Crippen LogP contribution < -0.4 is 5.32 Å². The minimum atomic E-state index is -2.79. The van der Waals surface area contributed by atoms with Crippen molar-refractivity contribution in [2.45, 2.75) is 6.55 Å². The predicted octanol–water partition coefficient (Wildman–Crippen LogP) is 4.07. The Labute approximate surface area is 146 Å². The largest absolute Gasteiger partial charge is 0.339 e. The molecule has 0 unspecified atom stereocenters. The molecule has 130 valence electrons. The fraction of sp³-hybridized carbons (Fsp3) is 0.0556. The molecule has 2 N–H and O–H groups in total. The minimum absolute atomic E-state index is 0.0931. The Morgan fingerprint density at radius 3 is 2.69 bits per heavy atom. The molecule has 0 aliphatic rings. The van der Waals surface area contributed by atoms with Crippen molar-refractivity contribution in [3.05, 3.63) is 66.6 Å². The number of halogens is 2. The third-order valence-electron chi connectivity index (χ3n) is 3.85. The molecular formula is C18H13F2N5O. The second kappa shape index (κ2) is 6.40. The highest BCUT2D eigenvalue weighted by atomic mass is 19.3. The first-order valence-corrected chi connectivity index (χ1v) is 7.79. The fourth-order valence-corrected chi connectivity index (χ4v) is 2.62. The molecular weight excluding hydrogens is 340 g/mol. The van der Waals surface area contributed by atoms with Gasteiger partial charge in [-0.1, -0.05) is 30.3 Å². The Morgan fingerprint density at radius 1 is 1.15 bits per heavy atom. The summed E-state index contributed by atoms with van der Waals surface area (Å²) in [6, 6.07) is 14.7. The lowest BCUT2D eigenvalue weighted by Gasteiger charge is -2.02. The van der Waals surface area contributed by atoms with Crippen molar-refractivity contribution in [1.29, 1.82) is 0 Å². The van der Waals surface area contributed by atoms with Crippen molar-refractivity contribution in [3.63, 3.8) is 0 Å². The zero-order chi connectivity index (χ0) is 18.1. The summed E-state index contributed by atoms with van der Waals surface area (Å²) in [5.41, 5.74) is 2.97. The Kier molecular flexibility index (Phi) is 3.92. The van der Waals surface area contributed by atoms with Crippen LogP contribution in [-0.4, -0.2) is 25.7 Å². The van der Waals surface area contributed by atoms with Crippen LogP contribution in [-0.2, 0) is 0 Å². The Balaban J connectivity index is 1.58. The number of aromatic amines is 1. The van der Waals surface area contributed by atoms with Gasteiger partial charge in [-0.2, -0.15) is 13.9 Å². The second-order valence-electron chi connectivity index (χ2n) is 5.62. The first kappa shape index (κ1) is 15.9. The summed E-state index contributed by atoms with van der Waals surface area (Å²) in [4.78, 5) is 19.7. The molecule has 0 aliphatic heterocycles. The summed E-state index contributed by atoms with van der Waals surface area (Å²) < 4.78 is 25.5. The van der Waals surface area contributed by atoms with Gasteiger partial charge in [-0.15, -0.1) is 0 Å². The maximum absolute atomic E-state index is 12.5. The third-order valence-corrected chi connectivity index (χ3v) is 3.85. The molecule has 0 atom stereocenters. The van der Waals surface area contributed by atoms with Crippen LogP contribution in [0.3, 0.4) is 0 Å². The van der Waals surface area contributed by atoms with Gasteiger partial charge in [0.25, 0.3) is 5.91 Å². The smallest absolute Gasteiger partial charge is 0.333 e. The summed E-state index contributed by atoms with van der Waals surface area (Å²) in [5, 5.41) is 6.97. The number of anilines is 1. The molecule has 0 spiro atoms. The van der Waals surface area contributed by atoms with Gasteiger partial charge in [0.05, 0.1) is 11.9 Å². The van der Waals surface area contributed by atoms with Gasteiger partial charge >= 0.3 is 6.55 Å². The van der Waals surface area contributed by atoms with Gasteiger partial charge in [0.1, 0.15) is 5.65 Å². The number of hydrogen-bond acceptors (Lipinski definition) is 3. The second-order valence-corrected chi connectivity index (χ2v) is 5.62. The minimum Gasteiger partial charge on any atom is -0.339 e. The number of pyridine rings is 1. The predicted molar refractivity (Wildman–Crippen MR) is 93.0 cm³/mol. The standard InChI is InChI=1S/C18H13F2N5O/c19-18(20)25-7-6-14(24-25)17(26)22-13-8-12-9-15(23-16(12)21-10-13)11-4-2-1-3-5-11/h1-10,18H,(H,21,23)(H,22,26). The molecule has 4 rings (SSSR count). The van der Waals surface area contributed by atoms with E-state index in [4.69, 9.17) is 0 Å². The van der Waals surface area contributed by atoms with Crippen molar-refractivity contribution < 1.29 is 13.6 Å². The Bertz CT molecular complexity index is 1070. The van der Waals surface area contributed by atoms with Crippen molar-refractivity contribution in [2.75, 3.05) is 5.32 Å². The van der Waals surface area contributed by atoms with Gasteiger partial charge in [-0.3, -0.25) is 4.79 Å². The molecule has 0 fully saturated rings. The number of fused-ring (bicyclic) bond motifs is 1. The van der Waals surface area contributed by atoms with E-state index in [0.717, 1.165) is 22.8 Å². The van der Waals surface area contributed by atoms with Gasteiger partial charge in [-0.25, -0.2) is 9.67 Å². The van der Waals surface area contributed by atoms with Crippen LogP contribution in [0.5, 0.6) is 0 Å². The monoisotopic (exact) mass is 353 g/mol. The fourth-order valence-electron chi connectivity index (χ4n) is 2.62. The van der Waals surface area contributed by atoms with E-state index in [9.17, 15) is 13.6 Å². The molecule has 0 aliphatic carbocycles. The van der Waals surface area contributed by atoms with Gasteiger partial charge < -0.3 is 10.3 Å². The SMILES string of the molecule is O=C(Nc1cnc2[nH]c(-c3ccccc3)cc2c1)c1ccn(C(F)F)n1. The molecule has 8 heteroatoms. The zero-order valence-corrected chi connectivity index (χ0v) is 13.4. The highest BCUT2D eigenvalue weighted by Gasteiger charge is 2.14. The maximum Gasteiger partial charge on any atom is 0.333 e. The quantitative estimate of drug-likeness (QED) is 0.581. The van der Waals surface area contributed by atoms with Gasteiger partial charge in [0, 0.05) is 17.3 Å². The molecule has 0 bridgehead atoms. The molecule has 26 heavy (non-hydrogen) atoms. The van der Waals surface area contributed by atoms with E-state index in [0.29, 0.717) is 16.0 Å². The van der Waals surface area contributed by atoms with E-state index in [1.54, 1.807) is 6.07 Å². The Morgan fingerprint density at radius 2 is 1.96 bits per heavy atom. The molecule has 0 radical (unpaired) electrons. The van der Waals surface area contributed by atoms with Gasteiger partial charge in [-0.05, 0) is 23.8 Å². The van der Waals surface area contributed by atoms with Crippen LogP contribution in [0, 0.1) is 0 Å². The number of rotatable bonds is 4. The number of benzene rings is 1. The van der Waals surface area contributed by atoms with Crippen molar-refractivity contribution >= 4 is 22.6 Å². The normalized spacial score (nSPS) is 11.2. The first-order valence-electron chi connectivity index (χ1n) is 7.79. The van der Waals surface area contributed by atoms with E-state index < -0.39 is 12.5 Å². The van der Waals surface area contributed by atoms with Crippen LogP contribution in [0.2, 0.25) is 0 Å². The molecule has 3 aromatic heterocycles. The number of aromatic nitrogens is 4. The first-order chi connectivity index (χ1) is 12.6. The van der Waals surface area contributed by atoms with E-state index >= 15 is 0 Å². The summed E-state index contributed by atoms with van der Waals surface area (Å²) in [5.74, 6) is -0.579. The maximum atomic E-state index is 12.5. The van der Waals surface area contributed by atoms with Crippen LogP contribution in [0.25, 0.3) is 22.3 Å². The highest BCUT2D eigenvalue weighted by molar-refractivity contribution is 6.03. The van der Waals surface area contributed by atoms with Crippen LogP contribution in [0.1, 0.15) is 17.0 Å². The number of nitrogens with one attached hydrogen (secondary N) is 2. The van der Waals surface area contributed by atoms with E-state index in [2.05, 4.69) is 20.4 Å². The molecule has 6 nitrogen and oxygen atoms in total. The summed E-state index contributed by atoms with van der Waals surface area (Å²) in [6.07, 6.45) is 2.55. The summed E-state index contributed by atoms with van der Waals surface area (Å²) in [6.45, 7) is -2.79. The van der Waals surface area contributed by atoms with E-state index in [1.165, 1.54) is 12.3 Å². The summed E-state index contributed by atoms with van der Waals surface area (Å²) >= 11 is 0. The third kappa shape index (κ3) is 3.04. The number of carbonyl (C=O) groups is 1. The van der Waals surface area contributed by atoms with E-state index in [-0.39, 0.29) is 5.69 Å². The number of alkyl halides is 2. The molecule has 4 aromatic rings. The molecule has 1 amide bonds. The molecule has 3 heterocycles. The van der Waals surface area contributed by atoms with Crippen LogP contribution in [0.15, 0.2) is 60.9 Å². The zero-order valence-electron chi connectivity index (χ0n) is 13.4. The average Bonchev–Trinajstić information content (AvgIpc) is 3.29. The number of carbonyl (C=O) groups excluding carboxylic acids is 1. The molecule has 0 saturated carbocycles. The lowest BCUT2D eigenvalue weighted by atomic mass is 10.1. The van der Waals surface area contributed by atoms with Crippen molar-refractivity contribution in [2.24, 2.45) is 0 Å². The number of amides is 1. The van der Waals surface area contributed by atoms with Gasteiger partial charge in [0.2, 0.25) is 0 Å². The van der Waals surface area contributed by atoms with Gasteiger partial charge in [0.15, 0.2) is 5.69 Å². The van der Waals surface area contributed by atoms with Crippen molar-refractivity contribution in [3.8, 4) is 11.3 Å². The van der Waals surface area contributed by atoms with Crippen LogP contribution in [0.4, 0.5) is 14.5 Å². The summed E-state index contributed by atoms with van der Waals surface area (Å²) in [7, 11) is 0. The number of hydrogen-bond donors (Lipinski definition) is 2. The number of nitrogens with zero attached hydrogens (tertiary/aromatic N) is 3. The average molecular weight is 353 g/mol. The highest BCUT2D eigenvalue weighted by Crippen LogP contribution is 2.24. The number of H-pyrrole nitrogens is 1. The molecule has 0 saturated heterocycles.